The zero-order chi connectivity index (χ0) is 20.9. The Morgan fingerprint density at radius 1 is 1.17 bits per heavy atom. The quantitative estimate of drug-likeness (QED) is 0.650. The molecule has 0 radical (unpaired) electrons. The lowest BCUT2D eigenvalue weighted by Gasteiger charge is -2.22. The molecule has 1 N–H and O–H groups in total. The van der Waals surface area contributed by atoms with E-state index in [-0.39, 0.29) is 23.6 Å². The number of para-hydroxylation sites is 1. The van der Waals surface area contributed by atoms with Gasteiger partial charge in [0.15, 0.2) is 6.61 Å². The number of hydrogen-bond donors (Lipinski definition) is 1. The molecule has 2 heterocycles. The van der Waals surface area contributed by atoms with Crippen LogP contribution < -0.4 is 10.1 Å². The largest absolute Gasteiger partial charge is 0.484 e. The van der Waals surface area contributed by atoms with Crippen LogP contribution >= 0.6 is 11.3 Å². The Balaban J connectivity index is 1.40. The van der Waals surface area contributed by atoms with Crippen LogP contribution in [0.2, 0.25) is 0 Å². The summed E-state index contributed by atoms with van der Waals surface area (Å²) in [6.45, 7) is 0.540. The molecule has 0 aliphatic carbocycles. The molecule has 0 bridgehead atoms. The second-order valence-electron chi connectivity index (χ2n) is 6.76. The fourth-order valence-electron chi connectivity index (χ4n) is 3.28. The smallest absolute Gasteiger partial charge is 0.286 e. The molecule has 2 amide bonds. The number of ether oxygens (including phenoxy) is 1. The van der Waals surface area contributed by atoms with Gasteiger partial charge in [0.05, 0.1) is 6.04 Å². The van der Waals surface area contributed by atoms with Crippen LogP contribution in [0, 0.1) is 5.82 Å². The minimum atomic E-state index is -0.465. The van der Waals surface area contributed by atoms with Crippen molar-refractivity contribution in [1.82, 2.24) is 15.1 Å². The number of nitrogens with zero attached hydrogens (tertiary/aromatic N) is 3. The van der Waals surface area contributed by atoms with Crippen molar-refractivity contribution in [2.75, 3.05) is 18.5 Å². The Morgan fingerprint density at radius 2 is 2.00 bits per heavy atom. The maximum atomic E-state index is 13.3. The van der Waals surface area contributed by atoms with Gasteiger partial charge in [-0.15, -0.1) is 10.2 Å². The molecule has 7 nitrogen and oxygen atoms in total. The molecule has 4 rings (SSSR count). The van der Waals surface area contributed by atoms with E-state index in [0.29, 0.717) is 23.0 Å². The topological polar surface area (TPSA) is 84.4 Å². The fraction of sp³-hybridized carbons (Fsp3) is 0.238. The summed E-state index contributed by atoms with van der Waals surface area (Å²) in [6.07, 6.45) is 1.59. The monoisotopic (exact) mass is 426 g/mol. The van der Waals surface area contributed by atoms with Gasteiger partial charge in [0, 0.05) is 12.2 Å². The van der Waals surface area contributed by atoms with Gasteiger partial charge in [-0.1, -0.05) is 35.6 Å². The molecule has 3 aromatic rings. The molecule has 1 aliphatic rings. The Kier molecular flexibility index (Phi) is 5.99. The predicted octanol–water partition coefficient (Wildman–Crippen LogP) is 3.67. The summed E-state index contributed by atoms with van der Waals surface area (Å²) in [6, 6.07) is 14.5. The molecule has 0 saturated carbocycles. The molecule has 1 aliphatic heterocycles. The van der Waals surface area contributed by atoms with E-state index in [2.05, 4.69) is 15.5 Å². The van der Waals surface area contributed by atoms with Gasteiger partial charge in [-0.05, 0) is 43.2 Å². The molecular formula is C21H19FN4O3S. The molecular weight excluding hydrogens is 407 g/mol. The minimum absolute atomic E-state index is 0.0633. The van der Waals surface area contributed by atoms with Gasteiger partial charge in [-0.25, -0.2) is 4.39 Å². The summed E-state index contributed by atoms with van der Waals surface area (Å²) in [5.41, 5.74) is 0.340. The first-order valence-electron chi connectivity index (χ1n) is 9.48. The minimum Gasteiger partial charge on any atom is -0.484 e. The molecule has 1 saturated heterocycles. The molecule has 1 aromatic heterocycles. The number of halogens is 1. The van der Waals surface area contributed by atoms with Gasteiger partial charge in [0.2, 0.25) is 5.01 Å². The average molecular weight is 426 g/mol. The van der Waals surface area contributed by atoms with Crippen molar-refractivity contribution < 1.29 is 18.7 Å². The summed E-state index contributed by atoms with van der Waals surface area (Å²) < 4.78 is 18.9. The number of hydrogen-bond acceptors (Lipinski definition) is 6. The lowest BCUT2D eigenvalue weighted by molar-refractivity contribution is -0.134. The summed E-state index contributed by atoms with van der Waals surface area (Å²) in [5, 5.41) is 11.5. The number of carbonyl (C=O) groups excluding carboxylic acids is 2. The fourth-order valence-corrected chi connectivity index (χ4v) is 4.16. The lowest BCUT2D eigenvalue weighted by atomic mass is 10.2. The number of benzene rings is 2. The Bertz CT molecular complexity index is 1040. The van der Waals surface area contributed by atoms with E-state index in [9.17, 15) is 14.0 Å². The Morgan fingerprint density at radius 3 is 2.80 bits per heavy atom. The zero-order valence-electron chi connectivity index (χ0n) is 16.0. The van der Waals surface area contributed by atoms with Gasteiger partial charge < -0.3 is 15.0 Å². The van der Waals surface area contributed by atoms with Crippen molar-refractivity contribution in [3.63, 3.8) is 0 Å². The lowest BCUT2D eigenvalue weighted by Crippen LogP contribution is -2.34. The molecule has 0 spiro atoms. The van der Waals surface area contributed by atoms with E-state index in [1.165, 1.54) is 18.2 Å². The Labute approximate surface area is 176 Å². The van der Waals surface area contributed by atoms with Crippen LogP contribution in [0.4, 0.5) is 10.1 Å². The summed E-state index contributed by atoms with van der Waals surface area (Å²) in [5.74, 6) is -0.410. The number of nitrogens with one attached hydrogen (secondary N) is 1. The second-order valence-corrected chi connectivity index (χ2v) is 7.77. The van der Waals surface area contributed by atoms with E-state index in [0.717, 1.165) is 24.2 Å². The van der Waals surface area contributed by atoms with Crippen molar-refractivity contribution in [2.24, 2.45) is 0 Å². The molecule has 1 fully saturated rings. The summed E-state index contributed by atoms with van der Waals surface area (Å²) >= 11 is 1.13. The highest BCUT2D eigenvalue weighted by atomic mass is 32.1. The van der Waals surface area contributed by atoms with E-state index < -0.39 is 11.7 Å². The summed E-state index contributed by atoms with van der Waals surface area (Å²) in [4.78, 5) is 26.8. The van der Waals surface area contributed by atoms with E-state index in [4.69, 9.17) is 4.74 Å². The molecule has 154 valence electrons. The van der Waals surface area contributed by atoms with Gasteiger partial charge in [-0.3, -0.25) is 9.59 Å². The third-order valence-corrected chi connectivity index (χ3v) is 5.70. The number of likely N-dealkylation sites (tertiary alicyclic amines) is 1. The van der Waals surface area contributed by atoms with Crippen molar-refractivity contribution in [1.29, 1.82) is 0 Å². The van der Waals surface area contributed by atoms with Crippen molar-refractivity contribution in [3.05, 3.63) is 70.4 Å². The molecule has 2 aromatic carbocycles. The normalized spacial score (nSPS) is 15.8. The van der Waals surface area contributed by atoms with Crippen molar-refractivity contribution in [3.8, 4) is 5.75 Å². The predicted molar refractivity (Wildman–Crippen MR) is 110 cm³/mol. The number of anilines is 1. The maximum absolute atomic E-state index is 13.3. The van der Waals surface area contributed by atoms with Gasteiger partial charge in [0.25, 0.3) is 11.8 Å². The number of amides is 2. The molecule has 0 unspecified atom stereocenters. The summed E-state index contributed by atoms with van der Waals surface area (Å²) in [7, 11) is 0. The molecule has 30 heavy (non-hydrogen) atoms. The van der Waals surface area contributed by atoms with Gasteiger partial charge in [0.1, 0.15) is 16.6 Å². The third-order valence-electron chi connectivity index (χ3n) is 4.68. The van der Waals surface area contributed by atoms with Gasteiger partial charge in [-0.2, -0.15) is 0 Å². The van der Waals surface area contributed by atoms with Crippen molar-refractivity contribution in [2.45, 2.75) is 18.9 Å². The highest BCUT2D eigenvalue weighted by Crippen LogP contribution is 2.33. The van der Waals surface area contributed by atoms with E-state index >= 15 is 0 Å². The first kappa shape index (κ1) is 20.0. The van der Waals surface area contributed by atoms with Crippen LogP contribution in [0.15, 0.2) is 54.6 Å². The first-order chi connectivity index (χ1) is 14.6. The number of rotatable bonds is 6. The van der Waals surface area contributed by atoms with Crippen LogP contribution in [0.25, 0.3) is 0 Å². The van der Waals surface area contributed by atoms with Crippen LogP contribution in [0.3, 0.4) is 0 Å². The van der Waals surface area contributed by atoms with Gasteiger partial charge >= 0.3 is 0 Å². The highest BCUT2D eigenvalue weighted by Gasteiger charge is 2.33. The number of carbonyl (C=O) groups is 2. The van der Waals surface area contributed by atoms with Crippen LogP contribution in [0.1, 0.15) is 33.7 Å². The van der Waals surface area contributed by atoms with E-state index in [1.807, 2.05) is 18.2 Å². The maximum Gasteiger partial charge on any atom is 0.286 e. The molecule has 1 atom stereocenters. The second kappa shape index (κ2) is 9.00. The van der Waals surface area contributed by atoms with Crippen LogP contribution in [-0.4, -0.2) is 40.1 Å². The first-order valence-corrected chi connectivity index (χ1v) is 10.3. The SMILES string of the molecule is O=C(Nc1cccc(F)c1)c1nnc([C@@H]2CCCN2C(=O)COc2ccccc2)s1. The van der Waals surface area contributed by atoms with Crippen LogP contribution in [-0.2, 0) is 4.79 Å². The molecule has 9 heteroatoms. The van der Waals surface area contributed by atoms with Crippen LogP contribution in [0.5, 0.6) is 5.75 Å². The standard InChI is InChI=1S/C21H19FN4O3S/c22-14-6-4-7-15(12-14)23-19(28)21-25-24-20(30-21)17-10-5-11-26(17)18(27)13-29-16-8-2-1-3-9-16/h1-4,6-9,12,17H,5,10-11,13H2,(H,23,28)/t17-/m0/s1. The highest BCUT2D eigenvalue weighted by molar-refractivity contribution is 7.13. The third kappa shape index (κ3) is 4.62. The zero-order valence-corrected chi connectivity index (χ0v) is 16.8. The average Bonchev–Trinajstić information content (AvgIpc) is 3.42. The number of aromatic nitrogens is 2. The Hall–Kier alpha value is -3.33. The van der Waals surface area contributed by atoms with Crippen molar-refractivity contribution >= 4 is 28.8 Å². The van der Waals surface area contributed by atoms with E-state index in [1.54, 1.807) is 23.1 Å².